The number of hydrogen-bond acceptors (Lipinski definition) is 3. The lowest BCUT2D eigenvalue weighted by Gasteiger charge is -2.29. The van der Waals surface area contributed by atoms with E-state index in [0.29, 0.717) is 5.11 Å². The van der Waals surface area contributed by atoms with Crippen LogP contribution < -0.4 is 15.0 Å². The average Bonchev–Trinajstić information content (AvgIpc) is 3.46. The zero-order valence-electron chi connectivity index (χ0n) is 20.5. The number of pyridine rings is 1. The minimum Gasteiger partial charge on any atom is -0.491 e. The normalized spacial score (nSPS) is 17.6. The molecule has 1 aliphatic heterocycles. The number of aryl methyl sites for hydroxylation is 2. The number of nitrogens with zero attached hydrogens (tertiary/aromatic N) is 3. The highest BCUT2D eigenvalue weighted by Gasteiger charge is 2.42. The molecule has 178 valence electrons. The third-order valence-corrected chi connectivity index (χ3v) is 6.75. The van der Waals surface area contributed by atoms with E-state index in [1.807, 2.05) is 44.3 Å². The van der Waals surface area contributed by atoms with E-state index in [1.165, 1.54) is 11.1 Å². The first kappa shape index (κ1) is 23.1. The molecule has 2 atom stereocenters. The number of aromatic nitrogens is 2. The van der Waals surface area contributed by atoms with Crippen LogP contribution in [0.4, 0.5) is 5.69 Å². The second kappa shape index (κ2) is 9.55. The maximum absolute atomic E-state index is 5.90. The highest BCUT2D eigenvalue weighted by molar-refractivity contribution is 7.80. The van der Waals surface area contributed by atoms with Crippen LogP contribution in [0.5, 0.6) is 5.75 Å². The van der Waals surface area contributed by atoms with Crippen molar-refractivity contribution in [2.75, 3.05) is 4.90 Å². The molecule has 0 unspecified atom stereocenters. The van der Waals surface area contributed by atoms with Gasteiger partial charge in [-0.25, -0.2) is 0 Å². The van der Waals surface area contributed by atoms with Crippen LogP contribution in [-0.4, -0.2) is 20.8 Å². The summed E-state index contributed by atoms with van der Waals surface area (Å²) in [6, 6.07) is 24.8. The first-order valence-corrected chi connectivity index (χ1v) is 12.4. The fourth-order valence-corrected chi connectivity index (χ4v) is 4.98. The van der Waals surface area contributed by atoms with E-state index in [2.05, 4.69) is 88.3 Å². The molecule has 1 N–H and O–H groups in total. The molecule has 0 spiro atoms. The third-order valence-electron chi connectivity index (χ3n) is 6.44. The van der Waals surface area contributed by atoms with Gasteiger partial charge in [-0.15, -0.1) is 0 Å². The van der Waals surface area contributed by atoms with Crippen LogP contribution in [0.2, 0.25) is 0 Å². The smallest absolute Gasteiger partial charge is 0.174 e. The van der Waals surface area contributed by atoms with Crippen LogP contribution in [-0.2, 0) is 0 Å². The topological polar surface area (TPSA) is 42.3 Å². The number of anilines is 1. The molecule has 5 rings (SSSR count). The summed E-state index contributed by atoms with van der Waals surface area (Å²) in [6.45, 7) is 8.35. The number of thiocarbonyl (C=S) groups is 1. The molecule has 35 heavy (non-hydrogen) atoms. The molecule has 6 heteroatoms. The van der Waals surface area contributed by atoms with Gasteiger partial charge in [0.05, 0.1) is 17.8 Å². The summed E-state index contributed by atoms with van der Waals surface area (Å²) in [4.78, 5) is 6.88. The molecule has 2 aromatic heterocycles. The van der Waals surface area contributed by atoms with Crippen molar-refractivity contribution in [1.82, 2.24) is 14.9 Å². The van der Waals surface area contributed by atoms with Crippen LogP contribution in [0.3, 0.4) is 0 Å². The summed E-state index contributed by atoms with van der Waals surface area (Å²) in [6.07, 6.45) is 4.08. The Labute approximate surface area is 212 Å². The lowest BCUT2D eigenvalue weighted by atomic mass is 10.0. The quantitative estimate of drug-likeness (QED) is 0.320. The number of rotatable bonds is 6. The van der Waals surface area contributed by atoms with Crippen molar-refractivity contribution in [2.45, 2.75) is 45.9 Å². The predicted octanol–water partition coefficient (Wildman–Crippen LogP) is 6.45. The van der Waals surface area contributed by atoms with Crippen molar-refractivity contribution < 1.29 is 4.74 Å². The van der Waals surface area contributed by atoms with E-state index in [9.17, 15) is 0 Å². The molecular formula is C29H30N4OS. The zero-order chi connectivity index (χ0) is 24.5. The van der Waals surface area contributed by atoms with Gasteiger partial charge in [-0.1, -0.05) is 12.1 Å². The SMILES string of the molecule is Cc1ccc(-n2cccc2[C@@H]2[C@@H](c3ccccn3)NC(=S)N2c2ccc(OC(C)C)cc2)cc1C. The summed E-state index contributed by atoms with van der Waals surface area (Å²) >= 11 is 5.90. The number of ether oxygens (including phenoxy) is 1. The van der Waals surface area contributed by atoms with Crippen molar-refractivity contribution >= 4 is 23.0 Å². The van der Waals surface area contributed by atoms with E-state index >= 15 is 0 Å². The van der Waals surface area contributed by atoms with Gasteiger partial charge in [-0.3, -0.25) is 4.98 Å². The highest BCUT2D eigenvalue weighted by Crippen LogP contribution is 2.42. The van der Waals surface area contributed by atoms with E-state index in [-0.39, 0.29) is 18.2 Å². The molecule has 5 nitrogen and oxygen atoms in total. The van der Waals surface area contributed by atoms with Crippen molar-refractivity contribution in [3.63, 3.8) is 0 Å². The average molecular weight is 483 g/mol. The van der Waals surface area contributed by atoms with Gasteiger partial charge in [0, 0.05) is 29.5 Å². The molecule has 4 aromatic rings. The van der Waals surface area contributed by atoms with Crippen molar-refractivity contribution in [2.24, 2.45) is 0 Å². The van der Waals surface area contributed by atoms with Crippen LogP contribution >= 0.6 is 12.2 Å². The van der Waals surface area contributed by atoms with Gasteiger partial charge in [0.25, 0.3) is 0 Å². The summed E-state index contributed by atoms with van der Waals surface area (Å²) in [5, 5.41) is 4.23. The van der Waals surface area contributed by atoms with Gasteiger partial charge in [0.15, 0.2) is 5.11 Å². The van der Waals surface area contributed by atoms with Gasteiger partial charge in [-0.2, -0.15) is 0 Å². The molecule has 1 saturated heterocycles. The van der Waals surface area contributed by atoms with Crippen LogP contribution in [0.15, 0.2) is 85.2 Å². The van der Waals surface area contributed by atoms with Crippen molar-refractivity contribution in [3.05, 3.63) is 108 Å². The Morgan fingerprint density at radius 1 is 0.914 bits per heavy atom. The monoisotopic (exact) mass is 482 g/mol. The van der Waals surface area contributed by atoms with Crippen LogP contribution in [0.1, 0.15) is 48.4 Å². The standard InChI is InChI=1S/C29H30N4OS/c1-19(2)34-24-14-12-22(13-15-24)33-28(27(31-29(33)35)25-8-5-6-16-30-25)26-9-7-17-32(26)23-11-10-20(3)21(4)18-23/h5-19,27-28H,1-4H3,(H,31,35)/t27-,28-/m1/s1. The molecule has 1 aliphatic rings. The van der Waals surface area contributed by atoms with Gasteiger partial charge in [-0.05, 0) is 112 Å². The van der Waals surface area contributed by atoms with Gasteiger partial charge < -0.3 is 19.5 Å². The Balaban J connectivity index is 1.61. The van der Waals surface area contributed by atoms with E-state index in [4.69, 9.17) is 17.0 Å². The summed E-state index contributed by atoms with van der Waals surface area (Å²) in [7, 11) is 0. The van der Waals surface area contributed by atoms with Gasteiger partial charge >= 0.3 is 0 Å². The molecule has 3 heterocycles. The van der Waals surface area contributed by atoms with Gasteiger partial charge in [0.2, 0.25) is 0 Å². The Hall–Kier alpha value is -3.64. The predicted molar refractivity (Wildman–Crippen MR) is 145 cm³/mol. The van der Waals surface area contributed by atoms with E-state index in [0.717, 1.165) is 28.5 Å². The van der Waals surface area contributed by atoms with Crippen LogP contribution in [0.25, 0.3) is 5.69 Å². The minimum absolute atomic E-state index is 0.0918. The molecule has 0 radical (unpaired) electrons. The highest BCUT2D eigenvalue weighted by atomic mass is 32.1. The fourth-order valence-electron chi connectivity index (χ4n) is 4.64. The fraction of sp³-hybridized carbons (Fsp3) is 0.241. The maximum atomic E-state index is 5.90. The Kier molecular flexibility index (Phi) is 6.31. The molecule has 2 aromatic carbocycles. The molecule has 1 fully saturated rings. The number of benzene rings is 2. The largest absolute Gasteiger partial charge is 0.491 e. The summed E-state index contributed by atoms with van der Waals surface area (Å²) < 4.78 is 8.12. The van der Waals surface area contributed by atoms with E-state index < -0.39 is 0 Å². The van der Waals surface area contributed by atoms with Crippen molar-refractivity contribution in [3.8, 4) is 11.4 Å². The molecule has 0 bridgehead atoms. The first-order chi connectivity index (χ1) is 16.9. The Morgan fingerprint density at radius 3 is 2.37 bits per heavy atom. The minimum atomic E-state index is -0.101. The molecule has 0 aliphatic carbocycles. The summed E-state index contributed by atoms with van der Waals surface area (Å²) in [5.74, 6) is 0.846. The Bertz CT molecular complexity index is 1330. The molecular weight excluding hydrogens is 452 g/mol. The lowest BCUT2D eigenvalue weighted by Crippen LogP contribution is -2.30. The van der Waals surface area contributed by atoms with Crippen molar-refractivity contribution in [1.29, 1.82) is 0 Å². The summed E-state index contributed by atoms with van der Waals surface area (Å²) in [5.41, 5.74) is 6.78. The van der Waals surface area contributed by atoms with Crippen LogP contribution in [0, 0.1) is 13.8 Å². The second-order valence-corrected chi connectivity index (χ2v) is 9.62. The molecule has 0 saturated carbocycles. The second-order valence-electron chi connectivity index (χ2n) is 9.23. The number of nitrogens with one attached hydrogen (secondary N) is 1. The number of hydrogen-bond donors (Lipinski definition) is 1. The third kappa shape index (κ3) is 4.54. The Morgan fingerprint density at radius 2 is 1.69 bits per heavy atom. The lowest BCUT2D eigenvalue weighted by molar-refractivity contribution is 0.242. The van der Waals surface area contributed by atoms with Gasteiger partial charge in [0.1, 0.15) is 11.8 Å². The molecule has 0 amide bonds. The first-order valence-electron chi connectivity index (χ1n) is 11.9. The maximum Gasteiger partial charge on any atom is 0.174 e. The zero-order valence-corrected chi connectivity index (χ0v) is 21.3. The van der Waals surface area contributed by atoms with E-state index in [1.54, 1.807) is 0 Å².